The number of nitrogen functional groups attached to an aromatic ring is 1. The van der Waals surface area contributed by atoms with E-state index in [1.165, 1.54) is 10.9 Å². The zero-order valence-electron chi connectivity index (χ0n) is 20.0. The molecule has 1 unspecified atom stereocenters. The number of oxazole rings is 1. The third-order valence-corrected chi connectivity index (χ3v) is 6.50. The van der Waals surface area contributed by atoms with Crippen LogP contribution in [-0.4, -0.2) is 36.0 Å². The predicted octanol–water partition coefficient (Wildman–Crippen LogP) is 2.24. The Morgan fingerprint density at radius 2 is 2.11 bits per heavy atom. The first-order chi connectivity index (χ1) is 18.0. The average Bonchev–Trinajstić information content (AvgIpc) is 3.43. The Labute approximate surface area is 211 Å². The van der Waals surface area contributed by atoms with Crippen LogP contribution in [0.5, 0.6) is 0 Å². The number of nitrogens with one attached hydrogen (secondary N) is 2. The highest BCUT2D eigenvalue weighted by Gasteiger charge is 2.29. The summed E-state index contributed by atoms with van der Waals surface area (Å²) in [5.41, 5.74) is 10.4. The molecule has 0 spiro atoms. The topological polar surface area (TPSA) is 146 Å². The number of hydrogen-bond acceptors (Lipinski definition) is 8. The summed E-state index contributed by atoms with van der Waals surface area (Å²) in [6, 6.07) is 14.8. The van der Waals surface area contributed by atoms with Crippen molar-refractivity contribution >= 4 is 23.0 Å². The number of imidazole rings is 1. The Kier molecular flexibility index (Phi) is 5.53. The molecule has 2 aromatic carbocycles. The van der Waals surface area contributed by atoms with E-state index in [0.717, 1.165) is 16.8 Å². The van der Waals surface area contributed by atoms with Gasteiger partial charge in [-0.05, 0) is 36.8 Å². The van der Waals surface area contributed by atoms with Crippen LogP contribution in [0, 0.1) is 0 Å². The second-order valence-corrected chi connectivity index (χ2v) is 8.94. The van der Waals surface area contributed by atoms with E-state index in [1.54, 1.807) is 29.0 Å². The summed E-state index contributed by atoms with van der Waals surface area (Å²) in [4.78, 5) is 39.8. The minimum Gasteiger partial charge on any atom is -0.424 e. The van der Waals surface area contributed by atoms with Gasteiger partial charge in [0.1, 0.15) is 17.5 Å². The molecule has 11 heteroatoms. The number of nitrogens with zero attached hydrogens (tertiary/aromatic N) is 5. The fourth-order valence-electron chi connectivity index (χ4n) is 4.74. The first-order valence-corrected chi connectivity index (χ1v) is 11.9. The van der Waals surface area contributed by atoms with Gasteiger partial charge >= 0.3 is 5.69 Å². The predicted molar refractivity (Wildman–Crippen MR) is 137 cm³/mol. The van der Waals surface area contributed by atoms with Gasteiger partial charge in [0.2, 0.25) is 0 Å². The van der Waals surface area contributed by atoms with Gasteiger partial charge in [0, 0.05) is 37.4 Å². The molecule has 0 radical (unpaired) electrons. The van der Waals surface area contributed by atoms with Crippen LogP contribution in [0.2, 0.25) is 0 Å². The molecule has 0 bridgehead atoms. The number of benzene rings is 2. The maximum Gasteiger partial charge on any atom is 0.333 e. The maximum absolute atomic E-state index is 13.7. The van der Waals surface area contributed by atoms with Crippen molar-refractivity contribution in [1.29, 1.82) is 0 Å². The normalized spacial score (nSPS) is 15.0. The molecule has 4 N–H and O–H groups in total. The van der Waals surface area contributed by atoms with E-state index in [9.17, 15) is 9.59 Å². The van der Waals surface area contributed by atoms with Gasteiger partial charge in [-0.2, -0.15) is 4.98 Å². The molecule has 1 amide bonds. The smallest absolute Gasteiger partial charge is 0.333 e. The van der Waals surface area contributed by atoms with Gasteiger partial charge in [-0.3, -0.25) is 13.9 Å². The first-order valence-electron chi connectivity index (χ1n) is 11.9. The summed E-state index contributed by atoms with van der Waals surface area (Å²) in [5.74, 6) is -0.362. The van der Waals surface area contributed by atoms with Crippen molar-refractivity contribution in [1.82, 2.24) is 34.7 Å². The van der Waals surface area contributed by atoms with Crippen LogP contribution in [0.15, 0.2) is 70.3 Å². The SMILES string of the molecule is CC1Cn2c(c(C(=O)NCc3ccccc3-c3ccncn3)n(-c3ccc4oc(N)nc4c3)c2=O)CN1. The minimum absolute atomic E-state index is 0.0361. The Balaban J connectivity index is 1.40. The molecule has 4 heterocycles. The molecule has 1 atom stereocenters. The highest BCUT2D eigenvalue weighted by atomic mass is 16.4. The van der Waals surface area contributed by atoms with Crippen molar-refractivity contribution in [2.75, 3.05) is 5.73 Å². The van der Waals surface area contributed by atoms with Gasteiger partial charge in [0.25, 0.3) is 11.9 Å². The lowest BCUT2D eigenvalue weighted by atomic mass is 10.0. The molecule has 0 aliphatic carbocycles. The Morgan fingerprint density at radius 1 is 1.24 bits per heavy atom. The van der Waals surface area contributed by atoms with Gasteiger partial charge in [-0.25, -0.2) is 14.8 Å². The third kappa shape index (κ3) is 4.04. The van der Waals surface area contributed by atoms with Crippen LogP contribution in [0.4, 0.5) is 6.01 Å². The van der Waals surface area contributed by atoms with Crippen LogP contribution in [0.1, 0.15) is 28.7 Å². The molecule has 1 aliphatic heterocycles. The second-order valence-electron chi connectivity index (χ2n) is 8.94. The van der Waals surface area contributed by atoms with Crippen LogP contribution in [-0.2, 0) is 19.6 Å². The standard InChI is InChI=1S/C26H24N8O3/c1-15-13-33-21(12-29-15)23(34(26(33)36)17-6-7-22-20(10-17)32-25(27)37-22)24(35)30-11-16-4-2-3-5-18(16)19-8-9-28-14-31-19/h2-10,14-15,29H,11-13H2,1H3,(H2,27,32)(H,30,35). The van der Waals surface area contributed by atoms with Gasteiger partial charge in [-0.1, -0.05) is 24.3 Å². The van der Waals surface area contributed by atoms with Crippen molar-refractivity contribution < 1.29 is 9.21 Å². The first kappa shape index (κ1) is 22.7. The fourth-order valence-corrected chi connectivity index (χ4v) is 4.74. The minimum atomic E-state index is -0.362. The lowest BCUT2D eigenvalue weighted by Gasteiger charge is -2.22. The second kappa shape index (κ2) is 9.03. The molecule has 0 fully saturated rings. The van der Waals surface area contributed by atoms with Gasteiger partial charge in [0.15, 0.2) is 5.58 Å². The summed E-state index contributed by atoms with van der Waals surface area (Å²) in [6.07, 6.45) is 3.17. The van der Waals surface area contributed by atoms with E-state index >= 15 is 0 Å². The molecule has 37 heavy (non-hydrogen) atoms. The number of carbonyl (C=O) groups is 1. The monoisotopic (exact) mass is 496 g/mol. The van der Waals surface area contributed by atoms with Crippen molar-refractivity contribution in [3.8, 4) is 16.9 Å². The van der Waals surface area contributed by atoms with Crippen LogP contribution in [0.3, 0.4) is 0 Å². The molecule has 3 aromatic heterocycles. The molecule has 0 saturated carbocycles. The lowest BCUT2D eigenvalue weighted by Crippen LogP contribution is -2.40. The maximum atomic E-state index is 13.7. The van der Waals surface area contributed by atoms with Crippen molar-refractivity contribution in [3.63, 3.8) is 0 Å². The van der Waals surface area contributed by atoms with E-state index in [0.29, 0.717) is 35.6 Å². The Hall–Kier alpha value is -4.77. The molecule has 186 valence electrons. The van der Waals surface area contributed by atoms with E-state index in [2.05, 4.69) is 25.6 Å². The van der Waals surface area contributed by atoms with E-state index in [4.69, 9.17) is 10.2 Å². The zero-order valence-corrected chi connectivity index (χ0v) is 20.0. The summed E-state index contributed by atoms with van der Waals surface area (Å²) in [6.45, 7) is 3.10. The quantitative estimate of drug-likeness (QED) is 0.336. The van der Waals surface area contributed by atoms with Crippen molar-refractivity contribution in [3.05, 3.63) is 88.5 Å². The fraction of sp³-hybridized carbons (Fsp3) is 0.192. The summed E-state index contributed by atoms with van der Waals surface area (Å²) in [7, 11) is 0. The number of nitrogens with two attached hydrogens (primary N) is 1. The largest absolute Gasteiger partial charge is 0.424 e. The molecular weight excluding hydrogens is 472 g/mol. The highest BCUT2D eigenvalue weighted by Crippen LogP contribution is 2.24. The van der Waals surface area contributed by atoms with Gasteiger partial charge in [-0.15, -0.1) is 0 Å². The number of fused-ring (bicyclic) bond motifs is 2. The Morgan fingerprint density at radius 3 is 2.95 bits per heavy atom. The van der Waals surface area contributed by atoms with Crippen molar-refractivity contribution in [2.45, 2.75) is 32.6 Å². The van der Waals surface area contributed by atoms with Crippen LogP contribution >= 0.6 is 0 Å². The van der Waals surface area contributed by atoms with Crippen molar-refractivity contribution in [2.24, 2.45) is 0 Å². The van der Waals surface area contributed by atoms with E-state index in [-0.39, 0.29) is 35.9 Å². The number of carbonyl (C=O) groups excluding carboxylic acids is 1. The zero-order chi connectivity index (χ0) is 25.5. The van der Waals surface area contributed by atoms with E-state index < -0.39 is 0 Å². The lowest BCUT2D eigenvalue weighted by molar-refractivity contribution is 0.0942. The molecule has 6 rings (SSSR count). The molecule has 0 saturated heterocycles. The molecule has 1 aliphatic rings. The molecule has 11 nitrogen and oxygen atoms in total. The summed E-state index contributed by atoms with van der Waals surface area (Å²) < 4.78 is 8.47. The number of anilines is 1. The summed E-state index contributed by atoms with van der Waals surface area (Å²) in [5, 5.41) is 6.37. The highest BCUT2D eigenvalue weighted by molar-refractivity contribution is 5.95. The summed E-state index contributed by atoms with van der Waals surface area (Å²) >= 11 is 0. The number of amides is 1. The Bertz CT molecular complexity index is 1690. The van der Waals surface area contributed by atoms with E-state index in [1.807, 2.05) is 37.3 Å². The third-order valence-electron chi connectivity index (χ3n) is 6.50. The molecule has 5 aromatic rings. The number of rotatable bonds is 5. The average molecular weight is 497 g/mol. The van der Waals surface area contributed by atoms with Gasteiger partial charge in [0.05, 0.1) is 17.1 Å². The van der Waals surface area contributed by atoms with Crippen LogP contribution in [0.25, 0.3) is 28.0 Å². The number of hydrogen-bond donors (Lipinski definition) is 3. The number of aromatic nitrogens is 5. The van der Waals surface area contributed by atoms with Crippen LogP contribution < -0.4 is 22.1 Å². The van der Waals surface area contributed by atoms with Gasteiger partial charge < -0.3 is 20.8 Å². The molecular formula is C26H24N8O3.